The van der Waals surface area contributed by atoms with E-state index in [1.807, 2.05) is 11.8 Å². The maximum atomic E-state index is 12.5. The molecule has 2 rings (SSSR count). The molecule has 1 atom stereocenters. The van der Waals surface area contributed by atoms with Gasteiger partial charge in [-0.15, -0.1) is 0 Å². The summed E-state index contributed by atoms with van der Waals surface area (Å²) in [5, 5.41) is 9.12. The zero-order chi connectivity index (χ0) is 13.8. The molecular formula is C14H24N2O3. The van der Waals surface area contributed by atoms with E-state index in [1.165, 1.54) is 0 Å². The van der Waals surface area contributed by atoms with Crippen molar-refractivity contribution in [3.63, 3.8) is 0 Å². The number of hydrogen-bond acceptors (Lipinski definition) is 3. The van der Waals surface area contributed by atoms with Crippen LogP contribution in [0.2, 0.25) is 0 Å². The molecule has 2 amide bonds. The lowest BCUT2D eigenvalue weighted by atomic mass is 9.97. The molecule has 1 unspecified atom stereocenters. The molecule has 5 nitrogen and oxygen atoms in total. The summed E-state index contributed by atoms with van der Waals surface area (Å²) in [6.45, 7) is 4.32. The smallest absolute Gasteiger partial charge is 0.245 e. The Morgan fingerprint density at radius 1 is 1.37 bits per heavy atom. The van der Waals surface area contributed by atoms with Crippen LogP contribution in [0.3, 0.4) is 0 Å². The second kappa shape index (κ2) is 6.37. The summed E-state index contributed by atoms with van der Waals surface area (Å²) in [6, 6.07) is -0.277. The summed E-state index contributed by atoms with van der Waals surface area (Å²) in [7, 11) is 0. The van der Waals surface area contributed by atoms with E-state index in [1.54, 1.807) is 4.90 Å². The molecule has 2 aliphatic heterocycles. The Bertz CT molecular complexity index is 338. The number of carbonyl (C=O) groups excluding carboxylic acids is 2. The molecule has 108 valence electrons. The number of carbonyl (C=O) groups is 2. The fraction of sp³-hybridized carbons (Fsp3) is 0.857. The van der Waals surface area contributed by atoms with Gasteiger partial charge in [0, 0.05) is 32.7 Å². The number of aliphatic hydroxyl groups excluding tert-OH is 1. The number of aliphatic hydroxyl groups is 1. The highest BCUT2D eigenvalue weighted by atomic mass is 16.3. The van der Waals surface area contributed by atoms with Crippen LogP contribution in [-0.4, -0.2) is 59.0 Å². The van der Waals surface area contributed by atoms with Gasteiger partial charge in [0.25, 0.3) is 0 Å². The van der Waals surface area contributed by atoms with Gasteiger partial charge in [-0.2, -0.15) is 0 Å². The van der Waals surface area contributed by atoms with Crippen LogP contribution in [0.15, 0.2) is 0 Å². The number of hydrogen-bond donors (Lipinski definition) is 1. The van der Waals surface area contributed by atoms with Crippen molar-refractivity contribution in [2.24, 2.45) is 5.92 Å². The Balaban J connectivity index is 1.95. The lowest BCUT2D eigenvalue weighted by Crippen LogP contribution is -2.51. The van der Waals surface area contributed by atoms with E-state index in [-0.39, 0.29) is 24.5 Å². The van der Waals surface area contributed by atoms with Crippen molar-refractivity contribution in [1.82, 2.24) is 9.80 Å². The summed E-state index contributed by atoms with van der Waals surface area (Å²) in [5.41, 5.74) is 0. The first-order valence-electron chi connectivity index (χ1n) is 7.36. The van der Waals surface area contributed by atoms with E-state index < -0.39 is 0 Å². The Kier molecular flexibility index (Phi) is 4.80. The number of piperidine rings is 1. The molecule has 2 fully saturated rings. The highest BCUT2D eigenvalue weighted by Gasteiger charge is 2.35. The van der Waals surface area contributed by atoms with Crippen LogP contribution in [0, 0.1) is 5.92 Å². The Morgan fingerprint density at radius 2 is 2.05 bits per heavy atom. The average molecular weight is 268 g/mol. The standard InChI is InChI=1S/C14H24N2O3/c1-2-12(16-7-3-4-13(16)18)14(19)15-8-5-11(10-17)6-9-15/h11-12,17H,2-10H2,1H3. The third-order valence-electron chi connectivity index (χ3n) is 4.34. The minimum Gasteiger partial charge on any atom is -0.396 e. The highest BCUT2D eigenvalue weighted by Crippen LogP contribution is 2.21. The van der Waals surface area contributed by atoms with Crippen LogP contribution in [0.25, 0.3) is 0 Å². The predicted octanol–water partition coefficient (Wildman–Crippen LogP) is 0.618. The van der Waals surface area contributed by atoms with Gasteiger partial charge in [-0.1, -0.05) is 6.92 Å². The molecule has 1 N–H and O–H groups in total. The van der Waals surface area contributed by atoms with Crippen molar-refractivity contribution in [3.05, 3.63) is 0 Å². The van der Waals surface area contributed by atoms with E-state index in [4.69, 9.17) is 5.11 Å². The molecule has 2 aliphatic rings. The first-order valence-corrected chi connectivity index (χ1v) is 7.36. The monoisotopic (exact) mass is 268 g/mol. The second-order valence-electron chi connectivity index (χ2n) is 5.57. The maximum absolute atomic E-state index is 12.5. The summed E-state index contributed by atoms with van der Waals surface area (Å²) in [6.07, 6.45) is 3.87. The van der Waals surface area contributed by atoms with Crippen molar-refractivity contribution in [2.75, 3.05) is 26.2 Å². The number of nitrogens with zero attached hydrogens (tertiary/aromatic N) is 2. The lowest BCUT2D eigenvalue weighted by Gasteiger charge is -2.36. The van der Waals surface area contributed by atoms with Crippen LogP contribution in [-0.2, 0) is 9.59 Å². The van der Waals surface area contributed by atoms with Crippen molar-refractivity contribution >= 4 is 11.8 Å². The van der Waals surface area contributed by atoms with E-state index in [2.05, 4.69) is 0 Å². The third kappa shape index (κ3) is 3.08. The van der Waals surface area contributed by atoms with Crippen molar-refractivity contribution in [3.8, 4) is 0 Å². The Labute approximate surface area is 114 Å². The first-order chi connectivity index (χ1) is 9.17. The van der Waals surface area contributed by atoms with Gasteiger partial charge >= 0.3 is 0 Å². The summed E-state index contributed by atoms with van der Waals surface area (Å²) in [5.74, 6) is 0.539. The van der Waals surface area contributed by atoms with E-state index >= 15 is 0 Å². The lowest BCUT2D eigenvalue weighted by molar-refractivity contribution is -0.144. The molecule has 0 radical (unpaired) electrons. The van der Waals surface area contributed by atoms with Crippen LogP contribution in [0.5, 0.6) is 0 Å². The zero-order valence-electron chi connectivity index (χ0n) is 11.7. The molecule has 0 aromatic rings. The van der Waals surface area contributed by atoms with E-state index in [0.29, 0.717) is 31.8 Å². The van der Waals surface area contributed by atoms with Gasteiger partial charge in [-0.25, -0.2) is 0 Å². The summed E-state index contributed by atoms with van der Waals surface area (Å²) < 4.78 is 0. The molecular weight excluding hydrogens is 244 g/mol. The van der Waals surface area contributed by atoms with Crippen molar-refractivity contribution < 1.29 is 14.7 Å². The second-order valence-corrected chi connectivity index (χ2v) is 5.57. The highest BCUT2D eigenvalue weighted by molar-refractivity contribution is 5.88. The van der Waals surface area contributed by atoms with E-state index in [9.17, 15) is 9.59 Å². The minimum atomic E-state index is -0.277. The summed E-state index contributed by atoms with van der Waals surface area (Å²) in [4.78, 5) is 27.9. The molecule has 19 heavy (non-hydrogen) atoms. The zero-order valence-corrected chi connectivity index (χ0v) is 11.7. The maximum Gasteiger partial charge on any atom is 0.245 e. The molecule has 2 saturated heterocycles. The number of rotatable bonds is 4. The topological polar surface area (TPSA) is 60.9 Å². The average Bonchev–Trinajstić information content (AvgIpc) is 2.86. The fourth-order valence-electron chi connectivity index (χ4n) is 3.07. The molecule has 0 bridgehead atoms. The van der Waals surface area contributed by atoms with Gasteiger partial charge in [0.2, 0.25) is 11.8 Å². The van der Waals surface area contributed by atoms with Gasteiger partial charge < -0.3 is 14.9 Å². The van der Waals surface area contributed by atoms with E-state index in [0.717, 1.165) is 25.8 Å². The summed E-state index contributed by atoms with van der Waals surface area (Å²) >= 11 is 0. The largest absolute Gasteiger partial charge is 0.396 e. The van der Waals surface area contributed by atoms with Crippen LogP contribution >= 0.6 is 0 Å². The van der Waals surface area contributed by atoms with Gasteiger partial charge in [-0.05, 0) is 31.6 Å². The molecule has 0 aromatic heterocycles. The van der Waals surface area contributed by atoms with Crippen LogP contribution in [0.1, 0.15) is 39.0 Å². The number of amides is 2. The molecule has 0 spiro atoms. The van der Waals surface area contributed by atoms with Crippen LogP contribution in [0.4, 0.5) is 0 Å². The molecule has 0 aliphatic carbocycles. The SMILES string of the molecule is CCC(C(=O)N1CCC(CO)CC1)N1CCCC1=O. The molecule has 0 saturated carbocycles. The predicted molar refractivity (Wildman–Crippen MR) is 71.4 cm³/mol. The van der Waals surface area contributed by atoms with Gasteiger partial charge in [0.15, 0.2) is 0 Å². The Hall–Kier alpha value is -1.10. The van der Waals surface area contributed by atoms with Crippen molar-refractivity contribution in [2.45, 2.75) is 45.1 Å². The van der Waals surface area contributed by atoms with Crippen molar-refractivity contribution in [1.29, 1.82) is 0 Å². The first kappa shape index (κ1) is 14.3. The van der Waals surface area contributed by atoms with Gasteiger partial charge in [0.05, 0.1) is 0 Å². The minimum absolute atomic E-state index is 0.0918. The Morgan fingerprint density at radius 3 is 2.53 bits per heavy atom. The third-order valence-corrected chi connectivity index (χ3v) is 4.34. The normalized spacial score (nSPS) is 22.9. The molecule has 0 aromatic carbocycles. The molecule has 5 heteroatoms. The fourth-order valence-corrected chi connectivity index (χ4v) is 3.07. The van der Waals surface area contributed by atoms with Gasteiger partial charge in [-0.3, -0.25) is 9.59 Å². The number of likely N-dealkylation sites (tertiary alicyclic amines) is 2. The quantitative estimate of drug-likeness (QED) is 0.813. The van der Waals surface area contributed by atoms with Crippen LogP contribution < -0.4 is 0 Å². The molecule has 2 heterocycles. The van der Waals surface area contributed by atoms with Gasteiger partial charge in [0.1, 0.15) is 6.04 Å².